The maximum absolute atomic E-state index is 12.4. The standard InChI is InChI=1S/C22H21NO2/c1-25-22(24)20(21-14-8-9-15-23-21)16-19(17-10-4-2-5-11-17)18-12-6-3-7-13-18/h2-15,19-20H,16H2,1H3. The topological polar surface area (TPSA) is 39.2 Å². The predicted octanol–water partition coefficient (Wildman–Crippen LogP) is 4.56. The molecule has 0 spiro atoms. The lowest BCUT2D eigenvalue weighted by Gasteiger charge is -2.23. The number of aromatic nitrogens is 1. The normalized spacial score (nSPS) is 11.9. The van der Waals surface area contributed by atoms with Crippen LogP contribution < -0.4 is 0 Å². The maximum Gasteiger partial charge on any atom is 0.314 e. The van der Waals surface area contributed by atoms with Gasteiger partial charge in [0.1, 0.15) is 0 Å². The van der Waals surface area contributed by atoms with E-state index in [1.807, 2.05) is 54.6 Å². The van der Waals surface area contributed by atoms with Crippen LogP contribution in [0.15, 0.2) is 85.1 Å². The highest BCUT2D eigenvalue weighted by atomic mass is 16.5. The molecule has 2 aromatic carbocycles. The minimum atomic E-state index is -0.406. The van der Waals surface area contributed by atoms with Crippen molar-refractivity contribution in [2.75, 3.05) is 7.11 Å². The molecule has 3 heteroatoms. The van der Waals surface area contributed by atoms with Crippen LogP contribution in [-0.4, -0.2) is 18.1 Å². The molecule has 3 rings (SSSR count). The molecule has 0 amide bonds. The van der Waals surface area contributed by atoms with Gasteiger partial charge in [-0.1, -0.05) is 66.7 Å². The van der Waals surface area contributed by atoms with Crippen LogP contribution in [-0.2, 0) is 9.53 Å². The average Bonchev–Trinajstić information content (AvgIpc) is 2.70. The fourth-order valence-corrected chi connectivity index (χ4v) is 3.13. The van der Waals surface area contributed by atoms with Gasteiger partial charge in [0.25, 0.3) is 0 Å². The van der Waals surface area contributed by atoms with E-state index < -0.39 is 5.92 Å². The highest BCUT2D eigenvalue weighted by molar-refractivity contribution is 5.77. The number of ether oxygens (including phenoxy) is 1. The molecule has 0 N–H and O–H groups in total. The molecular formula is C22H21NO2. The molecule has 1 aromatic heterocycles. The van der Waals surface area contributed by atoms with Crippen molar-refractivity contribution in [3.05, 3.63) is 102 Å². The van der Waals surface area contributed by atoms with Crippen LogP contribution in [0.25, 0.3) is 0 Å². The Morgan fingerprint density at radius 3 is 1.92 bits per heavy atom. The Balaban J connectivity index is 1.99. The van der Waals surface area contributed by atoms with E-state index in [9.17, 15) is 4.79 Å². The Hall–Kier alpha value is -2.94. The first kappa shape index (κ1) is 16.9. The molecule has 0 radical (unpaired) electrons. The van der Waals surface area contributed by atoms with Crippen LogP contribution >= 0.6 is 0 Å². The third-order valence-electron chi connectivity index (χ3n) is 4.41. The van der Waals surface area contributed by atoms with Crippen LogP contribution in [0, 0.1) is 0 Å². The first-order valence-electron chi connectivity index (χ1n) is 8.38. The number of rotatable bonds is 6. The molecule has 25 heavy (non-hydrogen) atoms. The molecule has 0 aliphatic rings. The molecule has 0 saturated heterocycles. The van der Waals surface area contributed by atoms with Crippen molar-refractivity contribution in [2.24, 2.45) is 0 Å². The van der Waals surface area contributed by atoms with Crippen molar-refractivity contribution >= 4 is 5.97 Å². The zero-order valence-electron chi connectivity index (χ0n) is 14.2. The summed E-state index contributed by atoms with van der Waals surface area (Å²) in [7, 11) is 1.43. The molecule has 3 aromatic rings. The molecule has 0 aliphatic heterocycles. The van der Waals surface area contributed by atoms with Crippen molar-refractivity contribution in [3.63, 3.8) is 0 Å². The Kier molecular flexibility index (Phi) is 5.57. The van der Waals surface area contributed by atoms with E-state index >= 15 is 0 Å². The van der Waals surface area contributed by atoms with E-state index in [4.69, 9.17) is 4.74 Å². The van der Waals surface area contributed by atoms with Crippen molar-refractivity contribution in [1.82, 2.24) is 4.98 Å². The molecule has 0 bridgehead atoms. The van der Waals surface area contributed by atoms with Gasteiger partial charge in [0.15, 0.2) is 0 Å². The maximum atomic E-state index is 12.4. The van der Waals surface area contributed by atoms with E-state index in [1.165, 1.54) is 18.2 Å². The van der Waals surface area contributed by atoms with Gasteiger partial charge < -0.3 is 4.74 Å². The highest BCUT2D eigenvalue weighted by Gasteiger charge is 2.28. The van der Waals surface area contributed by atoms with Gasteiger partial charge in [0.05, 0.1) is 18.7 Å². The fourth-order valence-electron chi connectivity index (χ4n) is 3.13. The summed E-state index contributed by atoms with van der Waals surface area (Å²) in [6, 6.07) is 26.2. The number of carbonyl (C=O) groups excluding carboxylic acids is 1. The molecule has 0 aliphatic carbocycles. The third kappa shape index (κ3) is 4.13. The monoisotopic (exact) mass is 331 g/mol. The number of methoxy groups -OCH3 is 1. The first-order valence-corrected chi connectivity index (χ1v) is 8.38. The minimum Gasteiger partial charge on any atom is -0.469 e. The molecule has 0 fully saturated rings. The van der Waals surface area contributed by atoms with Gasteiger partial charge in [-0.2, -0.15) is 0 Å². The van der Waals surface area contributed by atoms with Gasteiger partial charge >= 0.3 is 5.97 Å². The van der Waals surface area contributed by atoms with Crippen LogP contribution in [0.1, 0.15) is 35.1 Å². The van der Waals surface area contributed by atoms with Crippen LogP contribution in [0.5, 0.6) is 0 Å². The van der Waals surface area contributed by atoms with E-state index in [0.717, 1.165) is 5.69 Å². The summed E-state index contributed by atoms with van der Waals surface area (Å²) in [5, 5.41) is 0. The zero-order valence-corrected chi connectivity index (χ0v) is 14.2. The first-order chi connectivity index (χ1) is 12.3. The summed E-state index contributed by atoms with van der Waals surface area (Å²) < 4.78 is 5.06. The van der Waals surface area contributed by atoms with Crippen LogP contribution in [0.4, 0.5) is 0 Å². The summed E-state index contributed by atoms with van der Waals surface area (Å²) in [5.41, 5.74) is 3.10. The lowest BCUT2D eigenvalue weighted by Crippen LogP contribution is -2.19. The average molecular weight is 331 g/mol. The van der Waals surface area contributed by atoms with Gasteiger partial charge in [-0.05, 0) is 29.7 Å². The van der Waals surface area contributed by atoms with Crippen LogP contribution in [0.3, 0.4) is 0 Å². The molecule has 126 valence electrons. The number of benzene rings is 2. The van der Waals surface area contributed by atoms with E-state index in [1.54, 1.807) is 6.20 Å². The number of pyridine rings is 1. The van der Waals surface area contributed by atoms with Gasteiger partial charge in [-0.3, -0.25) is 9.78 Å². The lowest BCUT2D eigenvalue weighted by atomic mass is 9.82. The minimum absolute atomic E-state index is 0.0912. The molecular weight excluding hydrogens is 310 g/mol. The summed E-state index contributed by atoms with van der Waals surface area (Å²) in [6.07, 6.45) is 2.32. The van der Waals surface area contributed by atoms with Crippen LogP contribution in [0.2, 0.25) is 0 Å². The number of hydrogen-bond acceptors (Lipinski definition) is 3. The number of hydrogen-bond donors (Lipinski definition) is 0. The number of nitrogens with zero attached hydrogens (tertiary/aromatic N) is 1. The quantitative estimate of drug-likeness (QED) is 0.622. The number of carbonyl (C=O) groups is 1. The highest BCUT2D eigenvalue weighted by Crippen LogP contribution is 2.35. The summed E-state index contributed by atoms with van der Waals surface area (Å²) in [4.78, 5) is 16.8. The smallest absolute Gasteiger partial charge is 0.314 e. The van der Waals surface area contributed by atoms with E-state index in [0.29, 0.717) is 6.42 Å². The van der Waals surface area contributed by atoms with Gasteiger partial charge in [-0.25, -0.2) is 0 Å². The van der Waals surface area contributed by atoms with Crippen molar-refractivity contribution < 1.29 is 9.53 Å². The molecule has 1 unspecified atom stereocenters. The summed E-state index contributed by atoms with van der Waals surface area (Å²) in [5.74, 6) is -0.569. The summed E-state index contributed by atoms with van der Waals surface area (Å²) >= 11 is 0. The van der Waals surface area contributed by atoms with Crippen molar-refractivity contribution in [2.45, 2.75) is 18.3 Å². The van der Waals surface area contributed by atoms with Gasteiger partial charge in [-0.15, -0.1) is 0 Å². The number of esters is 1. The Labute approximate surface area is 148 Å². The predicted molar refractivity (Wildman–Crippen MR) is 98.3 cm³/mol. The van der Waals surface area contributed by atoms with E-state index in [-0.39, 0.29) is 11.9 Å². The fraction of sp³-hybridized carbons (Fsp3) is 0.182. The summed E-state index contributed by atoms with van der Waals surface area (Å²) in [6.45, 7) is 0. The van der Waals surface area contributed by atoms with Crippen molar-refractivity contribution in [1.29, 1.82) is 0 Å². The molecule has 3 nitrogen and oxygen atoms in total. The van der Waals surface area contributed by atoms with Gasteiger partial charge in [0, 0.05) is 12.1 Å². The Morgan fingerprint density at radius 1 is 0.880 bits per heavy atom. The second-order valence-electron chi connectivity index (χ2n) is 5.94. The Morgan fingerprint density at radius 2 is 1.44 bits per heavy atom. The molecule has 1 heterocycles. The third-order valence-corrected chi connectivity index (χ3v) is 4.41. The largest absolute Gasteiger partial charge is 0.469 e. The SMILES string of the molecule is COC(=O)C(CC(c1ccccc1)c1ccccc1)c1ccccn1. The second-order valence-corrected chi connectivity index (χ2v) is 5.94. The van der Waals surface area contributed by atoms with Gasteiger partial charge in [0.2, 0.25) is 0 Å². The molecule has 1 atom stereocenters. The molecule has 0 saturated carbocycles. The zero-order chi connectivity index (χ0) is 17.5. The second kappa shape index (κ2) is 8.25. The van der Waals surface area contributed by atoms with E-state index in [2.05, 4.69) is 29.2 Å². The lowest BCUT2D eigenvalue weighted by molar-refractivity contribution is -0.142. The van der Waals surface area contributed by atoms with Crippen molar-refractivity contribution in [3.8, 4) is 0 Å². The Bertz CT molecular complexity index is 749.